The number of likely N-dealkylation sites (N-methyl/N-ethyl adjacent to an activating group) is 1. The maximum absolute atomic E-state index is 12.8. The van der Waals surface area contributed by atoms with E-state index in [0.29, 0.717) is 5.82 Å². The van der Waals surface area contributed by atoms with Crippen molar-refractivity contribution in [2.24, 2.45) is 0 Å². The maximum atomic E-state index is 12.8. The molecule has 1 saturated heterocycles. The fourth-order valence-corrected chi connectivity index (χ4v) is 3.01. The molecule has 6 heteroatoms. The molecule has 120 valence electrons. The molecule has 2 heterocycles. The van der Waals surface area contributed by atoms with Crippen molar-refractivity contribution in [2.45, 2.75) is 18.5 Å². The predicted octanol–water partition coefficient (Wildman–Crippen LogP) is 2.79. The number of likely N-dealkylation sites (tertiary alicyclic amines) is 1. The Morgan fingerprint density at radius 3 is 2.74 bits per heavy atom. The van der Waals surface area contributed by atoms with Gasteiger partial charge in [-0.1, -0.05) is 30.3 Å². The Morgan fingerprint density at radius 1 is 1.26 bits per heavy atom. The van der Waals surface area contributed by atoms with Crippen molar-refractivity contribution in [1.29, 1.82) is 0 Å². The number of aromatic nitrogens is 1. The van der Waals surface area contributed by atoms with Gasteiger partial charge in [0.05, 0.1) is 18.3 Å². The number of nitrogens with one attached hydrogen (secondary N) is 2. The van der Waals surface area contributed by atoms with Gasteiger partial charge in [0.15, 0.2) is 0 Å². The molecule has 2 unspecified atom stereocenters. The molecule has 0 aliphatic carbocycles. The van der Waals surface area contributed by atoms with Crippen molar-refractivity contribution in [2.75, 3.05) is 18.9 Å². The number of carbonyl (C=O) groups is 1. The van der Waals surface area contributed by atoms with E-state index in [1.165, 1.54) is 17.7 Å². The fraction of sp³-hybridized carbons (Fsp3) is 0.294. The number of hydrogen-bond donors (Lipinski definition) is 2. The number of hydrogen-bond acceptors (Lipinski definition) is 3. The summed E-state index contributed by atoms with van der Waals surface area (Å²) in [5, 5.41) is 5.63. The monoisotopic (exact) mass is 314 g/mol. The molecule has 0 bridgehead atoms. The van der Waals surface area contributed by atoms with E-state index in [9.17, 15) is 9.18 Å². The van der Waals surface area contributed by atoms with Crippen LogP contribution in [0, 0.1) is 5.82 Å². The van der Waals surface area contributed by atoms with E-state index in [0.717, 1.165) is 19.2 Å². The number of amides is 2. The van der Waals surface area contributed by atoms with Crippen LogP contribution in [0.4, 0.5) is 15.0 Å². The van der Waals surface area contributed by atoms with Crippen molar-refractivity contribution in [1.82, 2.24) is 15.2 Å². The normalized spacial score (nSPS) is 21.1. The first-order chi connectivity index (χ1) is 11.1. The Labute approximate surface area is 134 Å². The quantitative estimate of drug-likeness (QED) is 0.916. The van der Waals surface area contributed by atoms with Crippen LogP contribution in [0.5, 0.6) is 0 Å². The molecule has 0 radical (unpaired) electrons. The van der Waals surface area contributed by atoms with Gasteiger partial charge in [0.25, 0.3) is 0 Å². The summed E-state index contributed by atoms with van der Waals surface area (Å²) in [6.07, 6.45) is 1.95. The standard InChI is InChI=1S/C17H19FN4O/c1-22-10-9-14(16(22)12-5-3-2-4-6-12)20-17(23)21-15-8-7-13(18)11-19-15/h2-8,11,14,16H,9-10H2,1H3,(H2,19,20,21,23). The molecule has 1 fully saturated rings. The first-order valence-corrected chi connectivity index (χ1v) is 7.58. The number of anilines is 1. The molecule has 2 atom stereocenters. The molecule has 0 saturated carbocycles. The number of urea groups is 1. The van der Waals surface area contributed by atoms with Crippen LogP contribution in [0.1, 0.15) is 18.0 Å². The number of halogens is 1. The largest absolute Gasteiger partial charge is 0.333 e. The molecule has 1 aliphatic rings. The average molecular weight is 314 g/mol. The van der Waals surface area contributed by atoms with E-state index < -0.39 is 5.82 Å². The number of benzene rings is 1. The third-order valence-corrected chi connectivity index (χ3v) is 4.08. The SMILES string of the molecule is CN1CCC(NC(=O)Nc2ccc(F)cn2)C1c1ccccc1. The fourth-order valence-electron chi connectivity index (χ4n) is 3.01. The van der Waals surface area contributed by atoms with Gasteiger partial charge in [0, 0.05) is 6.54 Å². The lowest BCUT2D eigenvalue weighted by Crippen LogP contribution is -2.41. The van der Waals surface area contributed by atoms with Gasteiger partial charge < -0.3 is 5.32 Å². The smallest absolute Gasteiger partial charge is 0.320 e. The van der Waals surface area contributed by atoms with Gasteiger partial charge in [-0.3, -0.25) is 10.2 Å². The minimum absolute atomic E-state index is 0.0165. The Morgan fingerprint density at radius 2 is 2.04 bits per heavy atom. The molecule has 2 amide bonds. The first kappa shape index (κ1) is 15.4. The van der Waals surface area contributed by atoms with Crippen LogP contribution < -0.4 is 10.6 Å². The third kappa shape index (κ3) is 3.65. The van der Waals surface area contributed by atoms with Gasteiger partial charge in [-0.05, 0) is 31.2 Å². The molecular formula is C17H19FN4O. The lowest BCUT2D eigenvalue weighted by Gasteiger charge is -2.26. The second-order valence-electron chi connectivity index (χ2n) is 5.69. The average Bonchev–Trinajstić information content (AvgIpc) is 2.91. The molecule has 1 aromatic heterocycles. The molecule has 23 heavy (non-hydrogen) atoms. The van der Waals surface area contributed by atoms with Crippen LogP contribution >= 0.6 is 0 Å². The Bertz CT molecular complexity index is 662. The molecular weight excluding hydrogens is 295 g/mol. The van der Waals surface area contributed by atoms with E-state index >= 15 is 0 Å². The van der Waals surface area contributed by atoms with Crippen LogP contribution in [-0.4, -0.2) is 35.5 Å². The molecule has 0 spiro atoms. The Balaban J connectivity index is 1.66. The highest BCUT2D eigenvalue weighted by Gasteiger charge is 2.33. The number of nitrogens with zero attached hydrogens (tertiary/aromatic N) is 2. The summed E-state index contributed by atoms with van der Waals surface area (Å²) in [6.45, 7) is 0.916. The Hall–Kier alpha value is -2.47. The summed E-state index contributed by atoms with van der Waals surface area (Å²) < 4.78 is 12.8. The van der Waals surface area contributed by atoms with Crippen LogP contribution in [0.3, 0.4) is 0 Å². The zero-order valence-electron chi connectivity index (χ0n) is 12.9. The van der Waals surface area contributed by atoms with Crippen molar-refractivity contribution < 1.29 is 9.18 Å². The molecule has 3 rings (SSSR count). The van der Waals surface area contributed by atoms with E-state index in [2.05, 4.69) is 39.7 Å². The molecule has 1 aromatic carbocycles. The van der Waals surface area contributed by atoms with Gasteiger partial charge in [-0.25, -0.2) is 14.2 Å². The van der Waals surface area contributed by atoms with Crippen molar-refractivity contribution >= 4 is 11.8 Å². The lowest BCUT2D eigenvalue weighted by molar-refractivity contribution is 0.240. The second kappa shape index (κ2) is 6.75. The summed E-state index contributed by atoms with van der Waals surface area (Å²) in [5.74, 6) is -0.107. The molecule has 5 nitrogen and oxygen atoms in total. The maximum Gasteiger partial charge on any atom is 0.320 e. The molecule has 2 N–H and O–H groups in total. The topological polar surface area (TPSA) is 57.3 Å². The second-order valence-corrected chi connectivity index (χ2v) is 5.69. The lowest BCUT2D eigenvalue weighted by atomic mass is 10.0. The summed E-state index contributed by atoms with van der Waals surface area (Å²) >= 11 is 0. The highest BCUT2D eigenvalue weighted by atomic mass is 19.1. The van der Waals surface area contributed by atoms with Crippen molar-refractivity contribution in [3.63, 3.8) is 0 Å². The first-order valence-electron chi connectivity index (χ1n) is 7.58. The van der Waals surface area contributed by atoms with Gasteiger partial charge in [-0.15, -0.1) is 0 Å². The van der Waals surface area contributed by atoms with Crippen LogP contribution in [0.15, 0.2) is 48.7 Å². The summed E-state index contributed by atoms with van der Waals surface area (Å²) in [7, 11) is 2.05. The van der Waals surface area contributed by atoms with Gasteiger partial charge >= 0.3 is 6.03 Å². The van der Waals surface area contributed by atoms with Crippen molar-refractivity contribution in [3.05, 3.63) is 60.0 Å². The van der Waals surface area contributed by atoms with Crippen molar-refractivity contribution in [3.8, 4) is 0 Å². The zero-order valence-corrected chi connectivity index (χ0v) is 12.9. The van der Waals surface area contributed by atoms with Crippen LogP contribution in [0.2, 0.25) is 0 Å². The van der Waals surface area contributed by atoms with Gasteiger partial charge in [0.1, 0.15) is 11.6 Å². The third-order valence-electron chi connectivity index (χ3n) is 4.08. The Kier molecular flexibility index (Phi) is 4.52. The van der Waals surface area contributed by atoms with Crippen LogP contribution in [0.25, 0.3) is 0 Å². The summed E-state index contributed by atoms with van der Waals surface area (Å²) in [6, 6.07) is 12.6. The highest BCUT2D eigenvalue weighted by Crippen LogP contribution is 2.30. The highest BCUT2D eigenvalue weighted by molar-refractivity contribution is 5.88. The molecule has 1 aliphatic heterocycles. The number of carbonyl (C=O) groups excluding carboxylic acids is 1. The zero-order chi connectivity index (χ0) is 16.2. The van der Waals surface area contributed by atoms with Gasteiger partial charge in [-0.2, -0.15) is 0 Å². The predicted molar refractivity (Wildman–Crippen MR) is 86.6 cm³/mol. The number of pyridine rings is 1. The van der Waals surface area contributed by atoms with E-state index in [1.54, 1.807) is 0 Å². The van der Waals surface area contributed by atoms with Gasteiger partial charge in [0.2, 0.25) is 0 Å². The van der Waals surface area contributed by atoms with E-state index in [-0.39, 0.29) is 18.1 Å². The summed E-state index contributed by atoms with van der Waals surface area (Å²) in [5.41, 5.74) is 1.18. The minimum atomic E-state index is -0.433. The molecule has 2 aromatic rings. The number of rotatable bonds is 3. The summed E-state index contributed by atoms with van der Waals surface area (Å²) in [4.78, 5) is 18.2. The van der Waals surface area contributed by atoms with E-state index in [4.69, 9.17) is 0 Å². The minimum Gasteiger partial charge on any atom is -0.333 e. The van der Waals surface area contributed by atoms with E-state index in [1.807, 2.05) is 18.2 Å². The van der Waals surface area contributed by atoms with Crippen LogP contribution in [-0.2, 0) is 0 Å².